The summed E-state index contributed by atoms with van der Waals surface area (Å²) in [6.07, 6.45) is -0.991. The van der Waals surface area contributed by atoms with Crippen LogP contribution in [-0.2, 0) is 13.6 Å². The normalized spacial score (nSPS) is 12.5. The second-order valence-electron chi connectivity index (χ2n) is 4.58. The molecular weight excluding hydrogens is 200 g/mol. The number of aryl methyl sites for hydroxylation is 1. The Labute approximate surface area is 88.5 Å². The van der Waals surface area contributed by atoms with Gasteiger partial charge in [-0.05, 0) is 20.8 Å². The molecule has 0 aliphatic carbocycles. The topological polar surface area (TPSA) is 29.9 Å². The average Bonchev–Trinajstić information content (AvgIpc) is 2.42. The van der Waals surface area contributed by atoms with E-state index in [4.69, 9.17) is 0 Å². The Hall–Kier alpha value is -0.970. The molecular formula is C10H17F2N3. The number of nitrogens with zero attached hydrogens (tertiary/aromatic N) is 2. The molecule has 0 saturated heterocycles. The van der Waals surface area contributed by atoms with Gasteiger partial charge in [-0.1, -0.05) is 0 Å². The van der Waals surface area contributed by atoms with Crippen molar-refractivity contribution in [3.8, 4) is 0 Å². The quantitative estimate of drug-likeness (QED) is 0.841. The molecule has 1 aromatic rings. The van der Waals surface area contributed by atoms with Crippen molar-refractivity contribution >= 4 is 0 Å². The minimum atomic E-state index is -2.48. The van der Waals surface area contributed by atoms with Crippen LogP contribution in [0, 0.1) is 0 Å². The molecule has 0 aromatic carbocycles. The van der Waals surface area contributed by atoms with Crippen molar-refractivity contribution < 1.29 is 8.78 Å². The molecule has 0 bridgehead atoms. The highest BCUT2D eigenvalue weighted by molar-refractivity contribution is 5.18. The Kier molecular flexibility index (Phi) is 3.44. The van der Waals surface area contributed by atoms with Crippen molar-refractivity contribution in [1.82, 2.24) is 15.1 Å². The van der Waals surface area contributed by atoms with Gasteiger partial charge in [-0.25, -0.2) is 8.78 Å². The van der Waals surface area contributed by atoms with Gasteiger partial charge in [-0.2, -0.15) is 5.10 Å². The zero-order valence-corrected chi connectivity index (χ0v) is 9.51. The van der Waals surface area contributed by atoms with Gasteiger partial charge in [0.15, 0.2) is 0 Å². The standard InChI is InChI=1S/C10H17F2N3/c1-10(2,3)13-5-7-6-14-15(4)8(7)9(11)12/h6,9,13H,5H2,1-4H3. The summed E-state index contributed by atoms with van der Waals surface area (Å²) in [5.41, 5.74) is 0.462. The van der Waals surface area contributed by atoms with Crippen LogP contribution in [0.3, 0.4) is 0 Å². The first-order chi connectivity index (χ1) is 6.81. The van der Waals surface area contributed by atoms with E-state index < -0.39 is 6.43 Å². The molecule has 3 nitrogen and oxygen atoms in total. The van der Waals surface area contributed by atoms with Crippen LogP contribution in [0.4, 0.5) is 8.78 Å². The fourth-order valence-electron chi connectivity index (χ4n) is 1.27. The van der Waals surface area contributed by atoms with Gasteiger partial charge in [0.1, 0.15) is 5.69 Å². The summed E-state index contributed by atoms with van der Waals surface area (Å²) < 4.78 is 26.5. The lowest BCUT2D eigenvalue weighted by Gasteiger charge is -2.20. The second-order valence-corrected chi connectivity index (χ2v) is 4.58. The molecule has 0 spiro atoms. The Morgan fingerprint density at radius 1 is 1.47 bits per heavy atom. The average molecular weight is 217 g/mol. The van der Waals surface area contributed by atoms with Crippen LogP contribution in [0.2, 0.25) is 0 Å². The van der Waals surface area contributed by atoms with E-state index in [9.17, 15) is 8.78 Å². The Morgan fingerprint density at radius 3 is 2.53 bits per heavy atom. The number of aromatic nitrogens is 2. The smallest absolute Gasteiger partial charge is 0.280 e. The fourth-order valence-corrected chi connectivity index (χ4v) is 1.27. The van der Waals surface area contributed by atoms with E-state index in [1.807, 2.05) is 20.8 Å². The largest absolute Gasteiger partial charge is 0.308 e. The predicted molar refractivity (Wildman–Crippen MR) is 54.8 cm³/mol. The summed E-state index contributed by atoms with van der Waals surface area (Å²) in [7, 11) is 1.53. The number of nitrogens with one attached hydrogen (secondary N) is 1. The second kappa shape index (κ2) is 4.26. The van der Waals surface area contributed by atoms with Gasteiger partial charge in [0.2, 0.25) is 0 Å². The van der Waals surface area contributed by atoms with Gasteiger partial charge < -0.3 is 5.32 Å². The molecule has 0 saturated carbocycles. The van der Waals surface area contributed by atoms with Crippen LogP contribution >= 0.6 is 0 Å². The molecule has 0 fully saturated rings. The highest BCUT2D eigenvalue weighted by Gasteiger charge is 2.19. The lowest BCUT2D eigenvalue weighted by molar-refractivity contribution is 0.139. The fraction of sp³-hybridized carbons (Fsp3) is 0.700. The minimum absolute atomic E-state index is 0.00764. The molecule has 0 unspecified atom stereocenters. The zero-order chi connectivity index (χ0) is 11.6. The molecule has 0 radical (unpaired) electrons. The molecule has 0 aliphatic heterocycles. The van der Waals surface area contributed by atoms with E-state index in [0.29, 0.717) is 12.1 Å². The van der Waals surface area contributed by atoms with Crippen molar-refractivity contribution in [3.05, 3.63) is 17.5 Å². The third kappa shape index (κ3) is 3.27. The number of hydrogen-bond donors (Lipinski definition) is 1. The van der Waals surface area contributed by atoms with Crippen LogP contribution in [0.15, 0.2) is 6.20 Å². The number of alkyl halides is 2. The Morgan fingerprint density at radius 2 is 2.07 bits per heavy atom. The van der Waals surface area contributed by atoms with Crippen molar-refractivity contribution in [2.75, 3.05) is 0 Å². The van der Waals surface area contributed by atoms with E-state index in [1.54, 1.807) is 0 Å². The van der Waals surface area contributed by atoms with Crippen molar-refractivity contribution in [1.29, 1.82) is 0 Å². The summed E-state index contributed by atoms with van der Waals surface area (Å²) in [6.45, 7) is 6.39. The molecule has 0 amide bonds. The molecule has 1 aromatic heterocycles. The van der Waals surface area contributed by atoms with Crippen molar-refractivity contribution in [2.45, 2.75) is 39.3 Å². The van der Waals surface area contributed by atoms with Crippen LogP contribution in [0.1, 0.15) is 38.5 Å². The van der Waals surface area contributed by atoms with Crippen molar-refractivity contribution in [2.24, 2.45) is 7.05 Å². The highest BCUT2D eigenvalue weighted by atomic mass is 19.3. The first kappa shape index (κ1) is 12.1. The molecule has 1 rings (SSSR count). The van der Waals surface area contributed by atoms with E-state index in [-0.39, 0.29) is 11.2 Å². The molecule has 1 heterocycles. The Bertz CT molecular complexity index is 326. The molecule has 15 heavy (non-hydrogen) atoms. The third-order valence-corrected chi connectivity index (χ3v) is 2.08. The SMILES string of the molecule is Cn1ncc(CNC(C)(C)C)c1C(F)F. The van der Waals surface area contributed by atoms with Gasteiger partial charge in [0.05, 0.1) is 6.20 Å². The lowest BCUT2D eigenvalue weighted by Crippen LogP contribution is -2.35. The molecule has 0 aliphatic rings. The van der Waals surface area contributed by atoms with Gasteiger partial charge >= 0.3 is 0 Å². The van der Waals surface area contributed by atoms with E-state index >= 15 is 0 Å². The molecule has 1 N–H and O–H groups in total. The van der Waals surface area contributed by atoms with E-state index in [2.05, 4.69) is 10.4 Å². The maximum atomic E-state index is 12.7. The third-order valence-electron chi connectivity index (χ3n) is 2.08. The summed E-state index contributed by atoms with van der Waals surface area (Å²) in [4.78, 5) is 0. The summed E-state index contributed by atoms with van der Waals surface area (Å²) in [5, 5.41) is 7.00. The zero-order valence-electron chi connectivity index (χ0n) is 9.51. The molecule has 86 valence electrons. The van der Waals surface area contributed by atoms with E-state index in [0.717, 1.165) is 0 Å². The van der Waals surface area contributed by atoms with Crippen molar-refractivity contribution in [3.63, 3.8) is 0 Å². The maximum absolute atomic E-state index is 12.7. The number of halogens is 2. The Balaban J connectivity index is 2.78. The predicted octanol–water partition coefficient (Wildman–Crippen LogP) is 2.25. The van der Waals surface area contributed by atoms with Gasteiger partial charge in [0, 0.05) is 24.7 Å². The lowest BCUT2D eigenvalue weighted by atomic mass is 10.1. The van der Waals surface area contributed by atoms with Crippen LogP contribution < -0.4 is 5.32 Å². The first-order valence-electron chi connectivity index (χ1n) is 4.85. The minimum Gasteiger partial charge on any atom is -0.308 e. The highest BCUT2D eigenvalue weighted by Crippen LogP contribution is 2.22. The van der Waals surface area contributed by atoms with Gasteiger partial charge in [-0.3, -0.25) is 4.68 Å². The number of rotatable bonds is 3. The van der Waals surface area contributed by atoms with Crippen LogP contribution in [-0.4, -0.2) is 15.3 Å². The maximum Gasteiger partial charge on any atom is 0.280 e. The van der Waals surface area contributed by atoms with Gasteiger partial charge in [0.25, 0.3) is 6.43 Å². The summed E-state index contributed by atoms with van der Waals surface area (Å²) in [5.74, 6) is 0. The van der Waals surface area contributed by atoms with Crippen LogP contribution in [0.5, 0.6) is 0 Å². The number of hydrogen-bond acceptors (Lipinski definition) is 2. The van der Waals surface area contributed by atoms with E-state index in [1.165, 1.54) is 17.9 Å². The summed E-state index contributed by atoms with van der Waals surface area (Å²) >= 11 is 0. The molecule has 0 atom stereocenters. The monoisotopic (exact) mass is 217 g/mol. The first-order valence-corrected chi connectivity index (χ1v) is 4.85. The summed E-state index contributed by atoms with van der Waals surface area (Å²) in [6, 6.07) is 0. The molecule has 5 heteroatoms. The van der Waals surface area contributed by atoms with Gasteiger partial charge in [-0.15, -0.1) is 0 Å². The van der Waals surface area contributed by atoms with Crippen LogP contribution in [0.25, 0.3) is 0 Å².